The van der Waals surface area contributed by atoms with E-state index in [1.54, 1.807) is 26.4 Å². The number of hydrogen-bond donors (Lipinski definition) is 1. The molecular weight excluding hydrogens is 521 g/mol. The van der Waals surface area contributed by atoms with Gasteiger partial charge in [-0.2, -0.15) is 0 Å². The molecule has 1 aromatic heterocycles. The number of fused-ring (bicyclic) bond motifs is 1. The second-order valence-electron chi connectivity index (χ2n) is 8.78. The maximum absolute atomic E-state index is 12.9. The molecule has 0 spiro atoms. The minimum atomic E-state index is -3.28. The first-order chi connectivity index (χ1) is 16.3. The second kappa shape index (κ2) is 10.6. The first-order valence-corrected chi connectivity index (χ1v) is 14.8. The molecule has 1 aliphatic rings. The monoisotopic (exact) mass is 553 g/mol. The van der Waals surface area contributed by atoms with Gasteiger partial charge in [0, 0.05) is 0 Å². The van der Waals surface area contributed by atoms with Gasteiger partial charge in [-0.1, -0.05) is 0 Å². The molecule has 0 saturated carbocycles. The fourth-order valence-corrected chi connectivity index (χ4v) is 7.18. The standard InChI is InChI=1S/C24H31N3O5SSe/c1-31-21-14-20-23(15-22(21)32-2)34-27(24(20)28)12-9-17-7-10-26(11-8-17)16-18-5-4-6-19(13-18)25-33(3,29)30/h4-6,13-15,17,25H,7-12,16H2,1-3H3. The Morgan fingerprint density at radius 3 is 2.47 bits per heavy atom. The Morgan fingerprint density at radius 1 is 1.09 bits per heavy atom. The van der Waals surface area contributed by atoms with E-state index in [-0.39, 0.29) is 20.3 Å². The summed E-state index contributed by atoms with van der Waals surface area (Å²) < 4.78 is 39.3. The van der Waals surface area contributed by atoms with E-state index < -0.39 is 10.0 Å². The van der Waals surface area contributed by atoms with Crippen LogP contribution in [-0.4, -0.2) is 65.2 Å². The zero-order valence-electron chi connectivity index (χ0n) is 19.7. The van der Waals surface area contributed by atoms with Crippen LogP contribution in [-0.2, 0) is 23.1 Å². The van der Waals surface area contributed by atoms with Crippen molar-refractivity contribution in [1.29, 1.82) is 0 Å². The van der Waals surface area contributed by atoms with Gasteiger partial charge in [-0.15, -0.1) is 0 Å². The molecule has 1 fully saturated rings. The predicted octanol–water partition coefficient (Wildman–Crippen LogP) is 2.75. The van der Waals surface area contributed by atoms with E-state index in [1.165, 1.54) is 0 Å². The molecule has 4 rings (SSSR count). The number of ether oxygens (including phenoxy) is 2. The predicted molar refractivity (Wildman–Crippen MR) is 136 cm³/mol. The van der Waals surface area contributed by atoms with Gasteiger partial charge >= 0.3 is 182 Å². The van der Waals surface area contributed by atoms with Crippen molar-refractivity contribution in [2.24, 2.45) is 5.92 Å². The maximum atomic E-state index is 12.9. The van der Waals surface area contributed by atoms with Gasteiger partial charge in [0.15, 0.2) is 0 Å². The third kappa shape index (κ3) is 6.05. The number of nitrogens with zero attached hydrogens (tertiary/aromatic N) is 2. The van der Waals surface area contributed by atoms with Crippen LogP contribution in [0.2, 0.25) is 0 Å². The SMILES string of the molecule is COc1cc2[se]n(CCC3CCN(Cc4cccc(NS(C)(=O)=O)c4)CC3)c(=O)c2cc1OC. The van der Waals surface area contributed by atoms with Crippen LogP contribution in [0.3, 0.4) is 0 Å². The number of hydrogen-bond acceptors (Lipinski definition) is 6. The quantitative estimate of drug-likeness (QED) is 0.411. The summed E-state index contributed by atoms with van der Waals surface area (Å²) in [5.74, 6) is 1.87. The van der Waals surface area contributed by atoms with Gasteiger partial charge in [0.1, 0.15) is 0 Å². The zero-order valence-corrected chi connectivity index (χ0v) is 22.3. The van der Waals surface area contributed by atoms with E-state index in [1.807, 2.05) is 27.8 Å². The molecule has 2 aromatic carbocycles. The van der Waals surface area contributed by atoms with Crippen molar-refractivity contribution in [2.75, 3.05) is 38.3 Å². The summed E-state index contributed by atoms with van der Waals surface area (Å²) in [5, 5.41) is 0.736. The number of aryl methyl sites for hydroxylation is 1. The zero-order chi connectivity index (χ0) is 24.3. The summed E-state index contributed by atoms with van der Waals surface area (Å²) in [5.41, 5.74) is 1.79. The van der Waals surface area contributed by atoms with Crippen LogP contribution >= 0.6 is 0 Å². The summed E-state index contributed by atoms with van der Waals surface area (Å²) >= 11 is -0.0301. The third-order valence-electron chi connectivity index (χ3n) is 6.24. The molecule has 1 aliphatic heterocycles. The van der Waals surface area contributed by atoms with Gasteiger partial charge in [0.2, 0.25) is 10.0 Å². The van der Waals surface area contributed by atoms with Crippen LogP contribution in [0.5, 0.6) is 11.5 Å². The van der Waals surface area contributed by atoms with E-state index in [9.17, 15) is 13.2 Å². The van der Waals surface area contributed by atoms with Crippen LogP contribution in [0.25, 0.3) is 9.65 Å². The Balaban J connectivity index is 1.32. The molecule has 10 heteroatoms. The Morgan fingerprint density at radius 2 is 1.79 bits per heavy atom. The number of piperidine rings is 1. The normalized spacial score (nSPS) is 15.5. The molecular formula is C24H31N3O5SSe. The summed E-state index contributed by atoms with van der Waals surface area (Å²) in [6.45, 7) is 3.59. The van der Waals surface area contributed by atoms with Crippen molar-refractivity contribution in [2.45, 2.75) is 32.4 Å². The van der Waals surface area contributed by atoms with Crippen molar-refractivity contribution < 1.29 is 17.9 Å². The van der Waals surface area contributed by atoms with E-state index in [2.05, 4.69) is 9.62 Å². The summed E-state index contributed by atoms with van der Waals surface area (Å²) in [6, 6.07) is 11.3. The Labute approximate surface area is 206 Å². The van der Waals surface area contributed by atoms with Gasteiger partial charge in [-0.25, -0.2) is 8.42 Å². The molecule has 0 atom stereocenters. The van der Waals surface area contributed by atoms with Gasteiger partial charge in [-0.3, -0.25) is 0 Å². The van der Waals surface area contributed by atoms with Crippen molar-refractivity contribution in [3.8, 4) is 11.5 Å². The number of aromatic nitrogens is 1. The molecule has 0 unspecified atom stereocenters. The third-order valence-corrected chi connectivity index (χ3v) is 9.16. The first kappa shape index (κ1) is 24.9. The van der Waals surface area contributed by atoms with Crippen LogP contribution in [0.15, 0.2) is 41.2 Å². The molecule has 2 heterocycles. The number of methoxy groups -OCH3 is 2. The molecule has 184 valence electrons. The molecule has 0 aliphatic carbocycles. The molecule has 1 N–H and O–H groups in total. The Bertz CT molecular complexity index is 1310. The van der Waals surface area contributed by atoms with Crippen molar-refractivity contribution in [3.05, 3.63) is 52.3 Å². The molecule has 34 heavy (non-hydrogen) atoms. The fourth-order valence-electron chi connectivity index (χ4n) is 4.48. The van der Waals surface area contributed by atoms with Gasteiger partial charge < -0.3 is 0 Å². The molecule has 0 amide bonds. The fraction of sp³-hybridized carbons (Fsp3) is 0.458. The number of nitrogens with one attached hydrogen (secondary N) is 1. The number of anilines is 1. The van der Waals surface area contributed by atoms with Gasteiger partial charge in [0.05, 0.1) is 6.26 Å². The molecule has 1 saturated heterocycles. The number of sulfonamides is 1. The summed E-state index contributed by atoms with van der Waals surface area (Å²) in [6.07, 6.45) is 4.38. The summed E-state index contributed by atoms with van der Waals surface area (Å²) in [4.78, 5) is 15.3. The molecule has 8 nitrogen and oxygen atoms in total. The minimum absolute atomic E-state index is 0.0301. The average molecular weight is 553 g/mol. The summed E-state index contributed by atoms with van der Waals surface area (Å²) in [7, 11) is -0.0811. The van der Waals surface area contributed by atoms with Crippen molar-refractivity contribution >= 4 is 40.1 Å². The number of likely N-dealkylation sites (tertiary alicyclic amines) is 1. The van der Waals surface area contributed by atoms with Crippen LogP contribution in [0.4, 0.5) is 5.69 Å². The van der Waals surface area contributed by atoms with Gasteiger partial charge in [0.25, 0.3) is 0 Å². The van der Waals surface area contributed by atoms with Crippen molar-refractivity contribution in [3.63, 3.8) is 0 Å². The van der Waals surface area contributed by atoms with E-state index in [0.29, 0.717) is 23.1 Å². The van der Waals surface area contributed by atoms with Crippen LogP contribution in [0, 0.1) is 5.92 Å². The molecule has 3 aromatic rings. The van der Waals surface area contributed by atoms with Crippen LogP contribution < -0.4 is 19.8 Å². The molecule has 0 radical (unpaired) electrons. The number of rotatable bonds is 9. The topological polar surface area (TPSA) is 89.9 Å². The van der Waals surface area contributed by atoms with Crippen molar-refractivity contribution in [1.82, 2.24) is 8.46 Å². The molecule has 0 bridgehead atoms. The van der Waals surface area contributed by atoms with Crippen LogP contribution in [0.1, 0.15) is 24.8 Å². The number of benzene rings is 2. The van der Waals surface area contributed by atoms with E-state index in [4.69, 9.17) is 9.47 Å². The first-order valence-electron chi connectivity index (χ1n) is 11.3. The Kier molecular flexibility index (Phi) is 7.72. The van der Waals surface area contributed by atoms with Gasteiger partial charge in [-0.05, 0) is 0 Å². The second-order valence-corrected chi connectivity index (χ2v) is 12.8. The average Bonchev–Trinajstić information content (AvgIpc) is 3.11. The Hall–Kier alpha value is -2.26. The van der Waals surface area contributed by atoms with E-state index in [0.717, 1.165) is 66.9 Å². The van der Waals surface area contributed by atoms with E-state index >= 15 is 0 Å².